The number of piperidine rings is 2. The number of aromatic hydroxyl groups is 1. The molecule has 5 saturated heterocycles. The maximum Gasteiger partial charge on any atom is 0.335 e. The van der Waals surface area contributed by atoms with E-state index in [0.717, 1.165) is 54.1 Å². The summed E-state index contributed by atoms with van der Waals surface area (Å²) in [5.41, 5.74) is 5.09. The van der Waals surface area contributed by atoms with E-state index in [1.54, 1.807) is 13.2 Å². The van der Waals surface area contributed by atoms with E-state index in [0.29, 0.717) is 54.1 Å². The average molecular weight is 795 g/mol. The van der Waals surface area contributed by atoms with Gasteiger partial charge in [0.1, 0.15) is 18.0 Å². The van der Waals surface area contributed by atoms with Gasteiger partial charge in [-0.3, -0.25) is 9.80 Å². The highest BCUT2D eigenvalue weighted by molar-refractivity contribution is 5.95. The van der Waals surface area contributed by atoms with Gasteiger partial charge in [0, 0.05) is 64.7 Å². The van der Waals surface area contributed by atoms with Crippen molar-refractivity contribution < 1.29 is 48.2 Å². The molecule has 12 rings (SSSR count). The lowest BCUT2D eigenvalue weighted by Gasteiger charge is -2.60. The first kappa shape index (κ1) is 35.4. The number of esters is 2. The fourth-order valence-electron chi connectivity index (χ4n) is 14.9. The summed E-state index contributed by atoms with van der Waals surface area (Å²) < 4.78 is 35.8. The van der Waals surface area contributed by atoms with Crippen LogP contribution in [0.1, 0.15) is 75.1 Å². The van der Waals surface area contributed by atoms with Gasteiger partial charge in [0.2, 0.25) is 5.75 Å². The second kappa shape index (κ2) is 11.2. The fraction of sp³-hybridized carbons (Fsp3) is 0.591. The SMILES string of the molecule is CC[C@]12CC(C(=O)OC)=C3Nc4cc5c(cc4[C@]34CCN(C[C@H]3O[C@H]31)[C@H]24)[C@@H]1[C@H](O5)[C@H](O)[C@]2(CC)CC(C(=O)OC)=C3Nc4c(cc(O)c(OC)c4OC)[C@]34CCN1[C@H]24. The number of phenols is 1. The predicted octanol–water partition coefficient (Wildman–Crippen LogP) is 4.00. The van der Waals surface area contributed by atoms with Crippen LogP contribution < -0.4 is 24.8 Å². The molecule has 2 aromatic carbocycles. The number of carbonyl (C=O) groups excluding carboxylic acids is 2. The van der Waals surface area contributed by atoms with Gasteiger partial charge in [-0.1, -0.05) is 13.8 Å². The molecule has 2 aliphatic carbocycles. The van der Waals surface area contributed by atoms with Gasteiger partial charge >= 0.3 is 11.9 Å². The van der Waals surface area contributed by atoms with E-state index in [4.69, 9.17) is 28.4 Å². The molecule has 14 heteroatoms. The molecule has 8 aliphatic heterocycles. The molecule has 0 saturated carbocycles. The van der Waals surface area contributed by atoms with E-state index in [-0.39, 0.29) is 59.6 Å². The van der Waals surface area contributed by atoms with E-state index in [2.05, 4.69) is 46.4 Å². The number of epoxide rings is 1. The quantitative estimate of drug-likeness (QED) is 0.189. The zero-order valence-corrected chi connectivity index (χ0v) is 33.7. The third-order valence-electron chi connectivity index (χ3n) is 16.9. The molecule has 14 nitrogen and oxygen atoms in total. The predicted molar refractivity (Wildman–Crippen MR) is 208 cm³/mol. The highest BCUT2D eigenvalue weighted by Gasteiger charge is 2.76. The molecule has 10 aliphatic rings. The Hall–Kier alpha value is -4.50. The molecule has 58 heavy (non-hydrogen) atoms. The van der Waals surface area contributed by atoms with Gasteiger partial charge in [0.15, 0.2) is 11.5 Å². The fourth-order valence-corrected chi connectivity index (χ4v) is 14.9. The molecule has 0 aromatic heterocycles. The molecule has 8 heterocycles. The van der Waals surface area contributed by atoms with Crippen LogP contribution in [-0.2, 0) is 34.6 Å². The van der Waals surface area contributed by atoms with E-state index in [9.17, 15) is 19.8 Å². The second-order valence-electron chi connectivity index (χ2n) is 18.3. The largest absolute Gasteiger partial charge is 0.504 e. The number of ether oxygens (including phenoxy) is 6. The van der Waals surface area contributed by atoms with Crippen LogP contribution in [0, 0.1) is 10.8 Å². The Labute approximate surface area is 336 Å². The first-order valence-corrected chi connectivity index (χ1v) is 20.9. The molecule has 2 spiro atoms. The standard InChI is InChI=1S/C44H50N4O10/c1-7-41-16-20(37(51)55-5)34-44(23-14-25(49)30(53-3)31(54-4)28(23)46-34)10-12-48(40(41)44)29-19-13-22-24(15-26(19)57-32(29)35(41)50)45-33-21(38(52)56-6)17-42(8-2)36-27(58-36)18-47-11-9-43(22,33)39(42)47/h13-15,27,29,32,35-36,39-40,45-46,49-50H,7-12,16-18H2,1-6H3/t27-,29-,32+,35+,36-,39-,40-,41+,42+,43-,44-/m1/s1. The Balaban J connectivity index is 1.05. The van der Waals surface area contributed by atoms with Crippen LogP contribution in [0.3, 0.4) is 0 Å². The van der Waals surface area contributed by atoms with Gasteiger partial charge in [0.25, 0.3) is 0 Å². The molecular weight excluding hydrogens is 745 g/mol. The van der Waals surface area contributed by atoms with Crippen molar-refractivity contribution in [3.8, 4) is 23.0 Å². The zero-order valence-electron chi connectivity index (χ0n) is 33.7. The van der Waals surface area contributed by atoms with Gasteiger partial charge in [0.05, 0.1) is 74.4 Å². The average Bonchev–Trinajstić information content (AvgIpc) is 3.57. The molecule has 0 bridgehead atoms. The van der Waals surface area contributed by atoms with E-state index >= 15 is 0 Å². The highest BCUT2D eigenvalue weighted by Crippen LogP contribution is 2.73. The van der Waals surface area contributed by atoms with E-state index in [1.165, 1.54) is 26.9 Å². The van der Waals surface area contributed by atoms with Crippen molar-refractivity contribution in [3.63, 3.8) is 0 Å². The van der Waals surface area contributed by atoms with Crippen molar-refractivity contribution in [2.45, 2.75) is 106 Å². The van der Waals surface area contributed by atoms with Gasteiger partial charge in [-0.15, -0.1) is 0 Å². The van der Waals surface area contributed by atoms with Crippen molar-refractivity contribution in [2.75, 3.05) is 58.7 Å². The topological polar surface area (TPSA) is 164 Å². The molecule has 0 radical (unpaired) electrons. The van der Waals surface area contributed by atoms with Crippen molar-refractivity contribution in [1.29, 1.82) is 0 Å². The lowest BCUT2D eigenvalue weighted by atomic mass is 9.51. The van der Waals surface area contributed by atoms with E-state index < -0.39 is 34.4 Å². The monoisotopic (exact) mass is 794 g/mol. The Bertz CT molecular complexity index is 2350. The summed E-state index contributed by atoms with van der Waals surface area (Å²) in [4.78, 5) is 32.8. The number of carbonyl (C=O) groups is 2. The Kier molecular flexibility index (Phi) is 6.84. The molecule has 0 amide bonds. The number of hydrogen-bond donors (Lipinski definition) is 4. The Morgan fingerprint density at radius 3 is 2.22 bits per heavy atom. The van der Waals surface area contributed by atoms with Crippen LogP contribution in [0.2, 0.25) is 0 Å². The summed E-state index contributed by atoms with van der Waals surface area (Å²) in [6.07, 6.45) is 2.52. The van der Waals surface area contributed by atoms with Crippen LogP contribution in [0.15, 0.2) is 40.7 Å². The van der Waals surface area contributed by atoms with Crippen molar-refractivity contribution in [3.05, 3.63) is 57.4 Å². The maximum atomic E-state index is 13.9. The van der Waals surface area contributed by atoms with Gasteiger partial charge < -0.3 is 49.3 Å². The van der Waals surface area contributed by atoms with Crippen LogP contribution in [0.4, 0.5) is 11.4 Å². The summed E-state index contributed by atoms with van der Waals surface area (Å²) in [7, 11) is 5.89. The van der Waals surface area contributed by atoms with Crippen LogP contribution in [-0.4, -0.2) is 117 Å². The number of anilines is 2. The number of phenolic OH excluding ortho intramolecular Hbond substituents is 1. The van der Waals surface area contributed by atoms with Crippen LogP contribution >= 0.6 is 0 Å². The minimum atomic E-state index is -0.959. The van der Waals surface area contributed by atoms with Crippen molar-refractivity contribution in [2.24, 2.45) is 10.8 Å². The number of aliphatic hydroxyl groups excluding tert-OH is 1. The second-order valence-corrected chi connectivity index (χ2v) is 18.3. The molecule has 4 N–H and O–H groups in total. The highest BCUT2D eigenvalue weighted by atomic mass is 16.6. The smallest absolute Gasteiger partial charge is 0.335 e. The molecule has 2 aromatic rings. The summed E-state index contributed by atoms with van der Waals surface area (Å²) in [5, 5.41) is 31.8. The normalized spacial score (nSPS) is 40.0. The number of nitrogens with one attached hydrogen (secondary N) is 2. The van der Waals surface area contributed by atoms with Crippen LogP contribution in [0.5, 0.6) is 23.0 Å². The maximum absolute atomic E-state index is 13.9. The molecule has 5 fully saturated rings. The number of nitrogens with zero attached hydrogens (tertiary/aromatic N) is 2. The van der Waals surface area contributed by atoms with E-state index in [1.807, 2.05) is 0 Å². The summed E-state index contributed by atoms with van der Waals surface area (Å²) >= 11 is 0. The number of fused-ring (bicyclic) bond motifs is 8. The third-order valence-corrected chi connectivity index (χ3v) is 16.9. The lowest BCUT2D eigenvalue weighted by molar-refractivity contribution is -0.168. The number of benzene rings is 2. The van der Waals surface area contributed by atoms with Crippen molar-refractivity contribution in [1.82, 2.24) is 9.80 Å². The molecule has 306 valence electrons. The summed E-state index contributed by atoms with van der Waals surface area (Å²) in [6, 6.07) is 5.72. The molecule has 0 unspecified atom stereocenters. The Morgan fingerprint density at radius 1 is 0.862 bits per heavy atom. The minimum absolute atomic E-state index is 0.0607. The first-order valence-electron chi connectivity index (χ1n) is 20.9. The number of hydrogen-bond acceptors (Lipinski definition) is 14. The van der Waals surface area contributed by atoms with Crippen LogP contribution in [0.25, 0.3) is 0 Å². The molecular formula is C44H50N4O10. The number of rotatable bonds is 6. The lowest BCUT2D eigenvalue weighted by Crippen LogP contribution is -2.69. The molecule has 11 atom stereocenters. The summed E-state index contributed by atoms with van der Waals surface area (Å²) in [6.45, 7) is 6.76. The number of methoxy groups -OCH3 is 4. The first-order chi connectivity index (χ1) is 28.0. The Morgan fingerprint density at radius 2 is 1.53 bits per heavy atom. The number of aliphatic hydroxyl groups is 1. The minimum Gasteiger partial charge on any atom is -0.504 e. The van der Waals surface area contributed by atoms with Gasteiger partial charge in [-0.2, -0.15) is 0 Å². The summed E-state index contributed by atoms with van der Waals surface area (Å²) in [5.74, 6) is 0.458. The van der Waals surface area contributed by atoms with Gasteiger partial charge in [-0.05, 0) is 68.3 Å². The third kappa shape index (κ3) is 3.66. The zero-order chi connectivity index (χ0) is 40.0. The van der Waals surface area contributed by atoms with Gasteiger partial charge in [-0.25, -0.2) is 9.59 Å². The van der Waals surface area contributed by atoms with Crippen molar-refractivity contribution >= 4 is 23.3 Å².